The van der Waals surface area contributed by atoms with Crippen LogP contribution in [0.25, 0.3) is 34.4 Å². The molecule has 0 saturated heterocycles. The van der Waals surface area contributed by atoms with Crippen LogP contribution in [-0.2, 0) is 0 Å². The molecular formula is C28H26O2. The molecule has 0 bridgehead atoms. The van der Waals surface area contributed by atoms with Crippen molar-refractivity contribution in [3.05, 3.63) is 104 Å². The third kappa shape index (κ3) is 3.73. The number of hydrogen-bond donors (Lipinski definition) is 0. The fraction of sp³-hybridized carbons (Fsp3) is 0.179. The van der Waals surface area contributed by atoms with E-state index in [2.05, 4.69) is 58.0 Å². The third-order valence-corrected chi connectivity index (χ3v) is 5.83. The minimum atomic E-state index is -0.00967. The van der Waals surface area contributed by atoms with Crippen LogP contribution in [0.1, 0.15) is 38.9 Å². The van der Waals surface area contributed by atoms with Crippen LogP contribution in [0.2, 0.25) is 0 Å². The Morgan fingerprint density at radius 1 is 0.700 bits per heavy atom. The maximum atomic E-state index is 13.4. The Balaban J connectivity index is 1.95. The van der Waals surface area contributed by atoms with Gasteiger partial charge in [-0.2, -0.15) is 0 Å². The standard InChI is InChI=1S/C28H26O2/c1-17-6-12-24-26(14-17)30-28(23-11-8-19(3)21(5)16-23)25(27(24)29)13-10-22-9-7-18(2)20(4)15-22/h6-16H,1-5H3/b13-10+. The smallest absolute Gasteiger partial charge is 0.200 e. The van der Waals surface area contributed by atoms with E-state index < -0.39 is 0 Å². The zero-order valence-corrected chi connectivity index (χ0v) is 18.2. The molecule has 0 radical (unpaired) electrons. The lowest BCUT2D eigenvalue weighted by Gasteiger charge is -2.10. The summed E-state index contributed by atoms with van der Waals surface area (Å²) in [6, 6.07) is 18.2. The van der Waals surface area contributed by atoms with Gasteiger partial charge < -0.3 is 4.42 Å². The van der Waals surface area contributed by atoms with Gasteiger partial charge in [-0.1, -0.05) is 42.5 Å². The van der Waals surface area contributed by atoms with Crippen LogP contribution in [-0.4, -0.2) is 0 Å². The van der Waals surface area contributed by atoms with Gasteiger partial charge >= 0.3 is 0 Å². The zero-order valence-electron chi connectivity index (χ0n) is 18.2. The lowest BCUT2D eigenvalue weighted by molar-refractivity contribution is 0.617. The van der Waals surface area contributed by atoms with Gasteiger partial charge in [0.1, 0.15) is 11.3 Å². The first kappa shape index (κ1) is 19.9. The highest BCUT2D eigenvalue weighted by Crippen LogP contribution is 2.29. The van der Waals surface area contributed by atoms with Crippen LogP contribution in [0.3, 0.4) is 0 Å². The molecule has 0 aliphatic carbocycles. The van der Waals surface area contributed by atoms with Crippen LogP contribution in [0, 0.1) is 34.6 Å². The normalized spacial score (nSPS) is 11.5. The second kappa shape index (κ2) is 7.79. The molecule has 2 nitrogen and oxygen atoms in total. The predicted molar refractivity (Wildman–Crippen MR) is 127 cm³/mol. The number of rotatable bonds is 3. The zero-order chi connectivity index (χ0) is 21.4. The summed E-state index contributed by atoms with van der Waals surface area (Å²) in [5.41, 5.74) is 9.10. The Morgan fingerprint density at radius 3 is 2.10 bits per heavy atom. The molecule has 0 aliphatic rings. The molecule has 1 aromatic heterocycles. The largest absolute Gasteiger partial charge is 0.455 e. The van der Waals surface area contributed by atoms with Gasteiger partial charge in [-0.25, -0.2) is 0 Å². The summed E-state index contributed by atoms with van der Waals surface area (Å²) in [5.74, 6) is 0.612. The molecule has 0 N–H and O–H groups in total. The highest BCUT2D eigenvalue weighted by Gasteiger charge is 2.15. The van der Waals surface area contributed by atoms with Gasteiger partial charge in [-0.15, -0.1) is 0 Å². The third-order valence-electron chi connectivity index (χ3n) is 5.83. The lowest BCUT2D eigenvalue weighted by atomic mass is 9.99. The Hall–Kier alpha value is -3.39. The first-order valence-electron chi connectivity index (χ1n) is 10.2. The van der Waals surface area contributed by atoms with Crippen LogP contribution in [0.15, 0.2) is 63.8 Å². The molecule has 0 unspecified atom stereocenters. The van der Waals surface area contributed by atoms with Gasteiger partial charge in [0.25, 0.3) is 0 Å². The maximum Gasteiger partial charge on any atom is 0.200 e. The van der Waals surface area contributed by atoms with Crippen molar-refractivity contribution in [1.29, 1.82) is 0 Å². The van der Waals surface area contributed by atoms with E-state index in [4.69, 9.17) is 4.42 Å². The summed E-state index contributed by atoms with van der Waals surface area (Å²) in [5, 5.41) is 0.605. The van der Waals surface area contributed by atoms with Crippen molar-refractivity contribution in [1.82, 2.24) is 0 Å². The predicted octanol–water partition coefficient (Wildman–Crippen LogP) is 7.17. The van der Waals surface area contributed by atoms with Gasteiger partial charge in [-0.05, 0) is 92.3 Å². The average Bonchev–Trinajstić information content (AvgIpc) is 2.71. The topological polar surface area (TPSA) is 30.2 Å². The second-order valence-corrected chi connectivity index (χ2v) is 8.15. The first-order chi connectivity index (χ1) is 14.3. The van der Waals surface area contributed by atoms with Crippen molar-refractivity contribution in [2.75, 3.05) is 0 Å². The van der Waals surface area contributed by atoms with E-state index in [1.165, 1.54) is 22.3 Å². The summed E-state index contributed by atoms with van der Waals surface area (Å²) >= 11 is 0. The molecule has 30 heavy (non-hydrogen) atoms. The highest BCUT2D eigenvalue weighted by molar-refractivity contribution is 5.87. The van der Waals surface area contributed by atoms with Crippen LogP contribution in [0.4, 0.5) is 0 Å². The van der Waals surface area contributed by atoms with Crippen molar-refractivity contribution in [2.45, 2.75) is 34.6 Å². The molecule has 0 atom stereocenters. The van der Waals surface area contributed by atoms with Crippen LogP contribution in [0.5, 0.6) is 0 Å². The lowest BCUT2D eigenvalue weighted by Crippen LogP contribution is -2.07. The summed E-state index contributed by atoms with van der Waals surface area (Å²) in [6.45, 7) is 10.4. The molecular weight excluding hydrogens is 368 g/mol. The molecule has 1 heterocycles. The van der Waals surface area contributed by atoms with E-state index in [0.29, 0.717) is 22.3 Å². The maximum absolute atomic E-state index is 13.4. The van der Waals surface area contributed by atoms with E-state index >= 15 is 0 Å². The molecule has 0 amide bonds. The van der Waals surface area contributed by atoms with Crippen molar-refractivity contribution in [2.24, 2.45) is 0 Å². The summed E-state index contributed by atoms with van der Waals surface area (Å²) in [7, 11) is 0. The molecule has 0 saturated carbocycles. The van der Waals surface area contributed by atoms with Crippen LogP contribution >= 0.6 is 0 Å². The molecule has 4 aromatic rings. The first-order valence-corrected chi connectivity index (χ1v) is 10.2. The summed E-state index contributed by atoms with van der Waals surface area (Å²) < 4.78 is 6.32. The van der Waals surface area contributed by atoms with Crippen molar-refractivity contribution in [3.63, 3.8) is 0 Å². The quantitative estimate of drug-likeness (QED) is 0.369. The Labute approximate surface area is 177 Å². The van der Waals surface area contributed by atoms with Crippen molar-refractivity contribution >= 4 is 23.1 Å². The fourth-order valence-corrected chi connectivity index (χ4v) is 3.61. The monoisotopic (exact) mass is 394 g/mol. The SMILES string of the molecule is Cc1ccc2c(=O)c(/C=C/c3ccc(C)c(C)c3)c(-c3ccc(C)c(C)c3)oc2c1. The minimum absolute atomic E-state index is 0.00967. The number of hydrogen-bond acceptors (Lipinski definition) is 2. The molecule has 0 aliphatic heterocycles. The van der Waals surface area contributed by atoms with Gasteiger partial charge in [0.15, 0.2) is 0 Å². The number of aryl methyl sites for hydroxylation is 5. The highest BCUT2D eigenvalue weighted by atomic mass is 16.3. The Kier molecular flexibility index (Phi) is 5.17. The van der Waals surface area contributed by atoms with Crippen molar-refractivity contribution < 1.29 is 4.42 Å². The number of fused-ring (bicyclic) bond motifs is 1. The molecule has 150 valence electrons. The van der Waals surface area contributed by atoms with E-state index in [0.717, 1.165) is 16.7 Å². The Bertz CT molecular complexity index is 1350. The fourth-order valence-electron chi connectivity index (χ4n) is 3.61. The summed E-state index contributed by atoms with van der Waals surface area (Å²) in [4.78, 5) is 13.4. The minimum Gasteiger partial charge on any atom is -0.455 e. The van der Waals surface area contributed by atoms with Gasteiger partial charge in [-0.3, -0.25) is 4.79 Å². The second-order valence-electron chi connectivity index (χ2n) is 8.15. The van der Waals surface area contributed by atoms with Crippen LogP contribution < -0.4 is 5.43 Å². The van der Waals surface area contributed by atoms with Crippen molar-refractivity contribution in [3.8, 4) is 11.3 Å². The molecule has 0 fully saturated rings. The van der Waals surface area contributed by atoms with Gasteiger partial charge in [0.05, 0.1) is 10.9 Å². The van der Waals surface area contributed by atoms with E-state index in [-0.39, 0.29) is 5.43 Å². The number of benzene rings is 3. The molecule has 4 rings (SSSR count). The van der Waals surface area contributed by atoms with Gasteiger partial charge in [0, 0.05) is 5.56 Å². The molecule has 2 heteroatoms. The Morgan fingerprint density at radius 2 is 1.40 bits per heavy atom. The molecule has 0 spiro atoms. The molecule has 3 aromatic carbocycles. The van der Waals surface area contributed by atoms with E-state index in [1.807, 2.05) is 43.3 Å². The van der Waals surface area contributed by atoms with E-state index in [1.54, 1.807) is 0 Å². The van der Waals surface area contributed by atoms with E-state index in [9.17, 15) is 4.79 Å². The average molecular weight is 395 g/mol. The van der Waals surface area contributed by atoms with Gasteiger partial charge in [0.2, 0.25) is 5.43 Å². The summed E-state index contributed by atoms with van der Waals surface area (Å²) in [6.07, 6.45) is 3.88.